The lowest BCUT2D eigenvalue weighted by atomic mass is 9.88. The molecule has 1 heterocycles. The number of carbonyl (C=O) groups excluding carboxylic acids is 2. The molecule has 7 nitrogen and oxygen atoms in total. The Hall–Kier alpha value is -2.83. The summed E-state index contributed by atoms with van der Waals surface area (Å²) < 4.78 is 5.00. The number of anilines is 1. The Kier molecular flexibility index (Phi) is 5.80. The number of fused-ring (bicyclic) bond motifs is 1. The molecule has 0 bridgehead atoms. The number of hydrogen-bond donors (Lipinski definition) is 1. The van der Waals surface area contributed by atoms with Gasteiger partial charge in [-0.3, -0.25) is 10.2 Å². The molecule has 0 spiro atoms. The second-order valence-corrected chi connectivity index (χ2v) is 6.52. The number of rotatable bonds is 6. The number of nitrogens with zero attached hydrogens (tertiary/aromatic N) is 3. The number of aromatic nitrogens is 2. The zero-order valence-electron chi connectivity index (χ0n) is 14.9. The summed E-state index contributed by atoms with van der Waals surface area (Å²) in [6.07, 6.45) is 1.52. The van der Waals surface area contributed by atoms with Gasteiger partial charge in [0.2, 0.25) is 0 Å². The molecule has 7 heteroatoms. The van der Waals surface area contributed by atoms with Gasteiger partial charge in [-0.25, -0.2) is 4.79 Å². The van der Waals surface area contributed by atoms with Gasteiger partial charge >= 0.3 is 5.97 Å². The Bertz CT molecular complexity index is 804. The van der Waals surface area contributed by atoms with Crippen LogP contribution in [0.2, 0.25) is 0 Å². The van der Waals surface area contributed by atoms with Gasteiger partial charge in [0.1, 0.15) is 5.78 Å². The zero-order chi connectivity index (χ0) is 18.4. The molecule has 0 unspecified atom stereocenters. The number of hydrazone groups is 1. The maximum absolute atomic E-state index is 12.3. The topological polar surface area (TPSA) is 93.5 Å². The van der Waals surface area contributed by atoms with E-state index in [9.17, 15) is 9.59 Å². The lowest BCUT2D eigenvalue weighted by molar-refractivity contribution is -0.136. The Morgan fingerprint density at radius 2 is 1.96 bits per heavy atom. The fraction of sp³-hybridized carbons (Fsp3) is 0.389. The number of carbonyl (C=O) groups is 2. The first-order valence-corrected chi connectivity index (χ1v) is 8.06. The average molecular weight is 342 g/mol. The van der Waals surface area contributed by atoms with Gasteiger partial charge in [-0.05, 0) is 6.92 Å². The Labute approximate surface area is 146 Å². The molecule has 0 aliphatic carbocycles. The van der Waals surface area contributed by atoms with E-state index in [0.717, 1.165) is 10.8 Å². The molecule has 1 aromatic carbocycles. The van der Waals surface area contributed by atoms with Gasteiger partial charge in [-0.1, -0.05) is 45.0 Å². The molecule has 2 rings (SSSR count). The van der Waals surface area contributed by atoms with Crippen molar-refractivity contribution in [1.29, 1.82) is 0 Å². The van der Waals surface area contributed by atoms with Gasteiger partial charge in [0.25, 0.3) is 0 Å². The van der Waals surface area contributed by atoms with Crippen molar-refractivity contribution in [2.75, 3.05) is 12.0 Å². The van der Waals surface area contributed by atoms with Crippen LogP contribution in [-0.4, -0.2) is 34.3 Å². The summed E-state index contributed by atoms with van der Waals surface area (Å²) in [4.78, 5) is 24.4. The summed E-state index contributed by atoms with van der Waals surface area (Å²) in [6, 6.07) is 7.53. The van der Waals surface area contributed by atoms with E-state index in [1.807, 2.05) is 24.3 Å². The minimum atomic E-state index is -0.624. The van der Waals surface area contributed by atoms with Crippen LogP contribution in [0.5, 0.6) is 0 Å². The molecule has 0 aliphatic heterocycles. The molecule has 0 radical (unpaired) electrons. The minimum absolute atomic E-state index is 0.0107. The van der Waals surface area contributed by atoms with Crippen molar-refractivity contribution < 1.29 is 14.3 Å². The Balaban J connectivity index is 2.30. The smallest absolute Gasteiger partial charge is 0.354 e. The van der Waals surface area contributed by atoms with E-state index < -0.39 is 11.4 Å². The maximum Gasteiger partial charge on any atom is 0.354 e. The molecule has 0 amide bonds. The van der Waals surface area contributed by atoms with Gasteiger partial charge in [-0.15, -0.1) is 5.10 Å². The fourth-order valence-electron chi connectivity index (χ4n) is 2.02. The highest BCUT2D eigenvalue weighted by Gasteiger charge is 2.26. The van der Waals surface area contributed by atoms with E-state index in [1.165, 1.54) is 0 Å². The van der Waals surface area contributed by atoms with Crippen LogP contribution in [-0.2, 0) is 14.3 Å². The standard InChI is InChI=1S/C18H22N4O3/c1-5-25-17(24)14(10-15(23)18(2,3)4)20-22-16-13-9-7-6-8-12(13)11-19-21-16/h6-9,11H,5,10H2,1-4H3,(H,21,22)/b20-14-. The number of Topliss-reactive ketones (excluding diaryl/α,β-unsaturated/α-hetero) is 1. The number of esters is 1. The number of benzene rings is 1. The van der Waals surface area contributed by atoms with E-state index in [2.05, 4.69) is 20.7 Å². The van der Waals surface area contributed by atoms with Crippen molar-refractivity contribution in [3.8, 4) is 0 Å². The highest BCUT2D eigenvalue weighted by Crippen LogP contribution is 2.20. The first kappa shape index (κ1) is 18.5. The predicted molar refractivity (Wildman–Crippen MR) is 96.3 cm³/mol. The quantitative estimate of drug-likeness (QED) is 0.493. The van der Waals surface area contributed by atoms with Gasteiger partial charge in [0.05, 0.1) is 19.2 Å². The van der Waals surface area contributed by atoms with E-state index in [1.54, 1.807) is 33.9 Å². The van der Waals surface area contributed by atoms with Crippen LogP contribution in [0.1, 0.15) is 34.1 Å². The van der Waals surface area contributed by atoms with E-state index in [0.29, 0.717) is 5.82 Å². The predicted octanol–water partition coefficient (Wildman–Crippen LogP) is 2.97. The SMILES string of the molecule is CCOC(=O)/C(CC(=O)C(C)(C)C)=N\Nc1nncc2ccccc12. The first-order valence-electron chi connectivity index (χ1n) is 8.06. The van der Waals surface area contributed by atoms with Crippen LogP contribution in [0.15, 0.2) is 35.6 Å². The molecule has 0 saturated carbocycles. The van der Waals surface area contributed by atoms with Crippen molar-refractivity contribution in [2.45, 2.75) is 34.1 Å². The van der Waals surface area contributed by atoms with Crippen LogP contribution in [0.4, 0.5) is 5.82 Å². The highest BCUT2D eigenvalue weighted by atomic mass is 16.5. The molecule has 1 N–H and O–H groups in total. The average Bonchev–Trinajstić information content (AvgIpc) is 2.57. The van der Waals surface area contributed by atoms with Crippen molar-refractivity contribution in [3.63, 3.8) is 0 Å². The van der Waals surface area contributed by atoms with Crippen LogP contribution < -0.4 is 5.43 Å². The summed E-state index contributed by atoms with van der Waals surface area (Å²) in [5.74, 6) is -0.325. The van der Waals surface area contributed by atoms with E-state index >= 15 is 0 Å². The number of nitrogens with one attached hydrogen (secondary N) is 1. The van der Waals surface area contributed by atoms with Gasteiger partial charge in [-0.2, -0.15) is 10.2 Å². The highest BCUT2D eigenvalue weighted by molar-refractivity contribution is 6.40. The van der Waals surface area contributed by atoms with Crippen LogP contribution >= 0.6 is 0 Å². The monoisotopic (exact) mass is 342 g/mol. The van der Waals surface area contributed by atoms with E-state index in [-0.39, 0.29) is 24.5 Å². The van der Waals surface area contributed by atoms with Crippen LogP contribution in [0.25, 0.3) is 10.8 Å². The Morgan fingerprint density at radius 3 is 2.64 bits per heavy atom. The van der Waals surface area contributed by atoms with Crippen LogP contribution in [0, 0.1) is 5.41 Å². The minimum Gasteiger partial charge on any atom is -0.461 e. The lowest BCUT2D eigenvalue weighted by Crippen LogP contribution is -2.28. The third-order valence-electron chi connectivity index (χ3n) is 3.54. The Morgan fingerprint density at radius 1 is 1.24 bits per heavy atom. The molecule has 25 heavy (non-hydrogen) atoms. The fourth-order valence-corrected chi connectivity index (χ4v) is 2.02. The molecule has 0 fully saturated rings. The summed E-state index contributed by atoms with van der Waals surface area (Å²) >= 11 is 0. The van der Waals surface area contributed by atoms with Gasteiger partial charge in [0, 0.05) is 16.2 Å². The summed E-state index contributed by atoms with van der Waals surface area (Å²) in [5.41, 5.74) is 2.18. The normalized spacial score (nSPS) is 12.1. The molecule has 0 saturated heterocycles. The van der Waals surface area contributed by atoms with E-state index in [4.69, 9.17) is 4.74 Å². The van der Waals surface area contributed by atoms with Gasteiger partial charge in [0.15, 0.2) is 11.5 Å². The first-order chi connectivity index (χ1) is 11.8. The molecule has 0 atom stereocenters. The van der Waals surface area contributed by atoms with Crippen molar-refractivity contribution >= 4 is 34.1 Å². The third-order valence-corrected chi connectivity index (χ3v) is 3.54. The largest absolute Gasteiger partial charge is 0.461 e. The molecule has 0 aliphatic rings. The van der Waals surface area contributed by atoms with Crippen LogP contribution in [0.3, 0.4) is 0 Å². The summed E-state index contributed by atoms with van der Waals surface area (Å²) in [7, 11) is 0. The summed E-state index contributed by atoms with van der Waals surface area (Å²) in [5, 5.41) is 13.7. The van der Waals surface area contributed by atoms with Gasteiger partial charge < -0.3 is 4.74 Å². The number of ketones is 1. The molecule has 132 valence electrons. The zero-order valence-corrected chi connectivity index (χ0v) is 14.9. The molecule has 2 aromatic rings. The van der Waals surface area contributed by atoms with Crippen molar-refractivity contribution in [1.82, 2.24) is 10.2 Å². The number of ether oxygens (including phenoxy) is 1. The lowest BCUT2D eigenvalue weighted by Gasteiger charge is -2.16. The second-order valence-electron chi connectivity index (χ2n) is 6.52. The molecular weight excluding hydrogens is 320 g/mol. The van der Waals surface area contributed by atoms with Crippen molar-refractivity contribution in [3.05, 3.63) is 30.5 Å². The maximum atomic E-state index is 12.3. The second kappa shape index (κ2) is 7.83. The number of hydrogen-bond acceptors (Lipinski definition) is 7. The molecule has 1 aromatic heterocycles. The third kappa shape index (κ3) is 4.82. The summed E-state index contributed by atoms with van der Waals surface area (Å²) in [6.45, 7) is 7.28. The molecular formula is C18H22N4O3. The van der Waals surface area contributed by atoms with Crippen molar-refractivity contribution in [2.24, 2.45) is 10.5 Å².